The van der Waals surface area contributed by atoms with Gasteiger partial charge >= 0.3 is 0 Å². The number of hydrogen-bond acceptors (Lipinski definition) is 4. The van der Waals surface area contributed by atoms with E-state index in [9.17, 15) is 4.39 Å². The van der Waals surface area contributed by atoms with Crippen molar-refractivity contribution in [1.29, 1.82) is 0 Å². The Hall–Kier alpha value is -1.46. The molecule has 0 saturated carbocycles. The van der Waals surface area contributed by atoms with E-state index in [2.05, 4.69) is 16.9 Å². The smallest absolute Gasteiger partial charge is 0.141 e. The molecule has 0 aliphatic rings. The Morgan fingerprint density at radius 1 is 1.61 bits per heavy atom. The van der Waals surface area contributed by atoms with Crippen LogP contribution in [0.4, 0.5) is 10.2 Å². The van der Waals surface area contributed by atoms with Gasteiger partial charge in [0.25, 0.3) is 0 Å². The molecule has 0 atom stereocenters. The molecule has 0 unspecified atom stereocenters. The summed E-state index contributed by atoms with van der Waals surface area (Å²) >= 11 is 0. The molecule has 0 amide bonds. The maximum absolute atomic E-state index is 13.2. The molecule has 0 spiro atoms. The molecule has 1 N–H and O–H groups in total. The number of nitrogens with zero attached hydrogens (tertiary/aromatic N) is 2. The zero-order chi connectivity index (χ0) is 13.4. The van der Waals surface area contributed by atoms with Gasteiger partial charge in [0, 0.05) is 32.3 Å². The summed E-state index contributed by atoms with van der Waals surface area (Å²) in [4.78, 5) is 6.19. The fourth-order valence-corrected chi connectivity index (χ4v) is 1.72. The Balaban J connectivity index is 2.97. The first-order valence-electron chi connectivity index (χ1n) is 5.86. The normalized spacial score (nSPS) is 10.4. The van der Waals surface area contributed by atoms with Crippen molar-refractivity contribution >= 4 is 5.82 Å². The fourth-order valence-electron chi connectivity index (χ4n) is 1.72. The molecule has 18 heavy (non-hydrogen) atoms. The highest BCUT2D eigenvalue weighted by atomic mass is 19.1. The molecule has 0 bridgehead atoms. The molecule has 0 radical (unpaired) electrons. The van der Waals surface area contributed by atoms with Gasteiger partial charge in [-0.3, -0.25) is 0 Å². The number of ether oxygens (including phenoxy) is 1. The molecule has 0 aromatic carbocycles. The van der Waals surface area contributed by atoms with Gasteiger partial charge in [-0.25, -0.2) is 9.37 Å². The van der Waals surface area contributed by atoms with Gasteiger partial charge in [-0.05, 0) is 13.1 Å². The highest BCUT2D eigenvalue weighted by Gasteiger charge is 2.12. The first-order chi connectivity index (χ1) is 8.72. The molecular formula is C13H20FN3O. The van der Waals surface area contributed by atoms with Crippen LogP contribution in [0.2, 0.25) is 0 Å². The van der Waals surface area contributed by atoms with Gasteiger partial charge in [0.05, 0.1) is 12.8 Å². The summed E-state index contributed by atoms with van der Waals surface area (Å²) in [6.07, 6.45) is 3.03. The lowest BCUT2D eigenvalue weighted by Crippen LogP contribution is -2.29. The largest absolute Gasteiger partial charge is 0.383 e. The fraction of sp³-hybridized carbons (Fsp3) is 0.462. The Bertz CT molecular complexity index is 384. The summed E-state index contributed by atoms with van der Waals surface area (Å²) in [5.74, 6) is 0.442. The first-order valence-corrected chi connectivity index (χ1v) is 5.86. The average molecular weight is 253 g/mol. The predicted molar refractivity (Wildman–Crippen MR) is 71.2 cm³/mol. The number of hydrogen-bond donors (Lipinski definition) is 1. The van der Waals surface area contributed by atoms with E-state index < -0.39 is 0 Å². The van der Waals surface area contributed by atoms with Crippen LogP contribution >= 0.6 is 0 Å². The summed E-state index contributed by atoms with van der Waals surface area (Å²) in [7, 11) is 3.47. The molecule has 1 rings (SSSR count). The summed E-state index contributed by atoms with van der Waals surface area (Å²) in [5, 5.41) is 3.01. The van der Waals surface area contributed by atoms with Gasteiger partial charge in [-0.15, -0.1) is 6.58 Å². The second kappa shape index (κ2) is 7.79. The summed E-state index contributed by atoms with van der Waals surface area (Å²) in [6.45, 7) is 6.23. The summed E-state index contributed by atoms with van der Waals surface area (Å²) in [5.41, 5.74) is 0.829. The Morgan fingerprint density at radius 3 is 3.00 bits per heavy atom. The first kappa shape index (κ1) is 14.6. The van der Waals surface area contributed by atoms with E-state index >= 15 is 0 Å². The van der Waals surface area contributed by atoms with E-state index in [1.54, 1.807) is 13.2 Å². The van der Waals surface area contributed by atoms with Gasteiger partial charge in [-0.2, -0.15) is 0 Å². The Labute approximate surface area is 107 Å². The van der Waals surface area contributed by atoms with Crippen LogP contribution < -0.4 is 10.2 Å². The topological polar surface area (TPSA) is 37.4 Å². The van der Waals surface area contributed by atoms with E-state index in [1.165, 1.54) is 12.3 Å². The lowest BCUT2D eigenvalue weighted by atomic mass is 10.2. The molecule has 1 heterocycles. The molecule has 0 aliphatic heterocycles. The standard InChI is InChI=1S/C13H20FN3O/c1-4-5-17(6-7-18-3)13-11(9-15-2)8-12(14)10-16-13/h4,8,10,15H,1,5-7,9H2,2-3H3. The van der Waals surface area contributed by atoms with E-state index in [0.717, 1.165) is 11.4 Å². The van der Waals surface area contributed by atoms with Crippen molar-refractivity contribution in [2.45, 2.75) is 6.54 Å². The number of halogens is 1. The molecule has 0 saturated heterocycles. The molecule has 4 nitrogen and oxygen atoms in total. The van der Waals surface area contributed by atoms with Crippen molar-refractivity contribution < 1.29 is 9.13 Å². The highest BCUT2D eigenvalue weighted by molar-refractivity contribution is 5.47. The zero-order valence-corrected chi connectivity index (χ0v) is 10.9. The Kier molecular flexibility index (Phi) is 6.32. The minimum Gasteiger partial charge on any atom is -0.383 e. The monoisotopic (exact) mass is 253 g/mol. The van der Waals surface area contributed by atoms with Crippen LogP contribution in [0, 0.1) is 5.82 Å². The third-order valence-corrected chi connectivity index (χ3v) is 2.49. The average Bonchev–Trinajstić information content (AvgIpc) is 2.36. The van der Waals surface area contributed by atoms with Crippen LogP contribution in [0.15, 0.2) is 24.9 Å². The molecule has 0 fully saturated rings. The van der Waals surface area contributed by atoms with Crippen LogP contribution in [0.5, 0.6) is 0 Å². The number of methoxy groups -OCH3 is 1. The van der Waals surface area contributed by atoms with E-state index in [-0.39, 0.29) is 5.82 Å². The van der Waals surface area contributed by atoms with E-state index in [1.807, 2.05) is 11.9 Å². The number of anilines is 1. The van der Waals surface area contributed by atoms with Gasteiger partial charge in [0.1, 0.15) is 11.6 Å². The van der Waals surface area contributed by atoms with Gasteiger partial charge in [0.15, 0.2) is 0 Å². The number of rotatable bonds is 8. The van der Waals surface area contributed by atoms with Crippen molar-refractivity contribution in [3.63, 3.8) is 0 Å². The zero-order valence-electron chi connectivity index (χ0n) is 10.9. The number of nitrogens with one attached hydrogen (secondary N) is 1. The second-order valence-electron chi connectivity index (χ2n) is 3.89. The third kappa shape index (κ3) is 4.09. The van der Waals surface area contributed by atoms with Crippen LogP contribution in [-0.4, -0.2) is 38.8 Å². The Morgan fingerprint density at radius 2 is 2.39 bits per heavy atom. The van der Waals surface area contributed by atoms with Gasteiger partial charge < -0.3 is 15.0 Å². The van der Waals surface area contributed by atoms with Crippen LogP contribution in [0.25, 0.3) is 0 Å². The molecule has 0 aliphatic carbocycles. The van der Waals surface area contributed by atoms with Crippen LogP contribution in [0.3, 0.4) is 0 Å². The summed E-state index contributed by atoms with van der Waals surface area (Å²) < 4.78 is 18.3. The molecule has 1 aromatic heterocycles. The predicted octanol–water partition coefficient (Wildman–Crippen LogP) is 1.58. The number of pyridine rings is 1. The minimum atomic E-state index is -0.325. The molecular weight excluding hydrogens is 233 g/mol. The van der Waals surface area contributed by atoms with Crippen molar-refractivity contribution in [3.8, 4) is 0 Å². The quantitative estimate of drug-likeness (QED) is 0.714. The van der Waals surface area contributed by atoms with Crippen molar-refractivity contribution in [2.24, 2.45) is 0 Å². The summed E-state index contributed by atoms with van der Waals surface area (Å²) in [6, 6.07) is 1.50. The van der Waals surface area contributed by atoms with Crippen molar-refractivity contribution in [1.82, 2.24) is 10.3 Å². The van der Waals surface area contributed by atoms with E-state index in [4.69, 9.17) is 4.74 Å². The van der Waals surface area contributed by atoms with Gasteiger partial charge in [0.2, 0.25) is 0 Å². The van der Waals surface area contributed by atoms with Crippen LogP contribution in [0.1, 0.15) is 5.56 Å². The number of aromatic nitrogens is 1. The SMILES string of the molecule is C=CCN(CCOC)c1ncc(F)cc1CNC. The maximum atomic E-state index is 13.2. The van der Waals surface area contributed by atoms with Crippen molar-refractivity contribution in [3.05, 3.63) is 36.3 Å². The minimum absolute atomic E-state index is 0.325. The highest BCUT2D eigenvalue weighted by Crippen LogP contribution is 2.18. The lowest BCUT2D eigenvalue weighted by Gasteiger charge is -2.24. The molecule has 5 heteroatoms. The van der Waals surface area contributed by atoms with Crippen molar-refractivity contribution in [2.75, 3.05) is 38.8 Å². The molecule has 100 valence electrons. The second-order valence-corrected chi connectivity index (χ2v) is 3.89. The van der Waals surface area contributed by atoms with Gasteiger partial charge in [-0.1, -0.05) is 6.08 Å². The molecule has 1 aromatic rings. The van der Waals surface area contributed by atoms with Crippen LogP contribution in [-0.2, 0) is 11.3 Å². The lowest BCUT2D eigenvalue weighted by molar-refractivity contribution is 0.205. The third-order valence-electron chi connectivity index (χ3n) is 2.49. The van der Waals surface area contributed by atoms with E-state index in [0.29, 0.717) is 26.2 Å². The maximum Gasteiger partial charge on any atom is 0.141 e.